The summed E-state index contributed by atoms with van der Waals surface area (Å²) in [6.45, 7) is 0.583. The summed E-state index contributed by atoms with van der Waals surface area (Å²) in [4.78, 5) is 22.0. The highest BCUT2D eigenvalue weighted by Gasteiger charge is 2.27. The molecule has 144 valence electrons. The van der Waals surface area contributed by atoms with Gasteiger partial charge < -0.3 is 0 Å². The zero-order valence-electron chi connectivity index (χ0n) is 15.5. The fourth-order valence-corrected chi connectivity index (χ4v) is 3.61. The lowest BCUT2D eigenvalue weighted by Gasteiger charge is -2.08. The molecule has 0 saturated heterocycles. The molecular weight excluding hydrogens is 430 g/mol. The van der Waals surface area contributed by atoms with Crippen LogP contribution in [0.3, 0.4) is 0 Å². The number of amides is 1. The van der Waals surface area contributed by atoms with Crippen molar-refractivity contribution in [3.63, 3.8) is 0 Å². The lowest BCUT2D eigenvalue weighted by atomic mass is 10.1. The third kappa shape index (κ3) is 3.91. The number of hydrogen-bond donors (Lipinski definition) is 1. The number of pyridine rings is 1. The molecule has 1 N–H and O–H groups in total. The molecule has 7 heteroatoms. The summed E-state index contributed by atoms with van der Waals surface area (Å²) in [5.41, 5.74) is 3.55. The van der Waals surface area contributed by atoms with Gasteiger partial charge in [-0.15, -0.1) is 5.10 Å². The van der Waals surface area contributed by atoms with E-state index < -0.39 is 0 Å². The highest BCUT2D eigenvalue weighted by atomic mass is 79.9. The van der Waals surface area contributed by atoms with Crippen LogP contribution in [-0.2, 0) is 6.54 Å². The molecule has 4 aromatic rings. The minimum atomic E-state index is -0.216. The van der Waals surface area contributed by atoms with Crippen LogP contribution in [-0.4, -0.2) is 25.7 Å². The molecule has 6 nitrogen and oxygen atoms in total. The third-order valence-corrected chi connectivity index (χ3v) is 5.52. The van der Waals surface area contributed by atoms with Gasteiger partial charge in [-0.05, 0) is 42.7 Å². The Balaban J connectivity index is 1.38. The van der Waals surface area contributed by atoms with Crippen molar-refractivity contribution >= 4 is 38.7 Å². The van der Waals surface area contributed by atoms with Gasteiger partial charge in [0.25, 0.3) is 5.91 Å². The predicted molar refractivity (Wildman–Crippen MR) is 115 cm³/mol. The molecule has 1 amide bonds. The Labute approximate surface area is 176 Å². The minimum absolute atomic E-state index is 0.216. The quantitative estimate of drug-likeness (QED) is 0.478. The van der Waals surface area contributed by atoms with E-state index in [1.54, 1.807) is 11.0 Å². The maximum Gasteiger partial charge on any atom is 0.258 e. The van der Waals surface area contributed by atoms with Gasteiger partial charge in [0.15, 0.2) is 0 Å². The first-order valence-corrected chi connectivity index (χ1v) is 10.3. The van der Waals surface area contributed by atoms with Crippen LogP contribution in [0.15, 0.2) is 65.4 Å². The average molecular weight is 448 g/mol. The first kappa shape index (κ1) is 18.0. The molecule has 1 aliphatic rings. The largest absolute Gasteiger partial charge is 0.289 e. The second-order valence-corrected chi connectivity index (χ2v) is 8.15. The molecular formula is C22H18BrN5O. The summed E-state index contributed by atoms with van der Waals surface area (Å²) in [6.07, 6.45) is 3.89. The molecule has 2 aromatic carbocycles. The summed E-state index contributed by atoms with van der Waals surface area (Å²) >= 11 is 3.43. The second kappa shape index (κ2) is 7.40. The van der Waals surface area contributed by atoms with Gasteiger partial charge in [0.1, 0.15) is 6.33 Å². The zero-order valence-corrected chi connectivity index (χ0v) is 17.1. The van der Waals surface area contributed by atoms with Crippen molar-refractivity contribution in [3.05, 3.63) is 82.2 Å². The highest BCUT2D eigenvalue weighted by Crippen LogP contribution is 2.40. The Morgan fingerprint density at radius 2 is 1.93 bits per heavy atom. The summed E-state index contributed by atoms with van der Waals surface area (Å²) < 4.78 is 2.74. The third-order valence-electron chi connectivity index (χ3n) is 5.00. The van der Waals surface area contributed by atoms with Crippen molar-refractivity contribution < 1.29 is 4.79 Å². The summed E-state index contributed by atoms with van der Waals surface area (Å²) in [6, 6.07) is 17.7. The second-order valence-electron chi connectivity index (χ2n) is 7.23. The maximum atomic E-state index is 13.0. The number of carbonyl (C=O) groups is 1. The van der Waals surface area contributed by atoms with Gasteiger partial charge in [-0.3, -0.25) is 15.1 Å². The van der Waals surface area contributed by atoms with E-state index >= 15 is 0 Å². The lowest BCUT2D eigenvalue weighted by molar-refractivity contribution is 0.102. The molecule has 1 aliphatic carbocycles. The lowest BCUT2D eigenvalue weighted by Crippen LogP contribution is -2.15. The van der Waals surface area contributed by atoms with Crippen LogP contribution in [0.4, 0.5) is 5.95 Å². The Morgan fingerprint density at radius 1 is 1.14 bits per heavy atom. The van der Waals surface area contributed by atoms with Crippen molar-refractivity contribution in [2.24, 2.45) is 0 Å². The average Bonchev–Trinajstić information content (AvgIpc) is 3.50. The van der Waals surface area contributed by atoms with Crippen molar-refractivity contribution in [1.82, 2.24) is 19.7 Å². The summed E-state index contributed by atoms with van der Waals surface area (Å²) in [5.74, 6) is 0.544. The molecule has 0 unspecified atom stereocenters. The van der Waals surface area contributed by atoms with Crippen LogP contribution in [0.1, 0.15) is 40.4 Å². The Bertz CT molecular complexity index is 1200. The number of nitrogens with zero attached hydrogens (tertiary/aromatic N) is 4. The Hall–Kier alpha value is -3.06. The van der Waals surface area contributed by atoms with Crippen LogP contribution in [0.25, 0.3) is 10.9 Å². The Morgan fingerprint density at radius 3 is 2.72 bits per heavy atom. The van der Waals surface area contributed by atoms with Gasteiger partial charge in [0.2, 0.25) is 5.95 Å². The number of fused-ring (bicyclic) bond motifs is 1. The van der Waals surface area contributed by atoms with E-state index in [4.69, 9.17) is 4.98 Å². The molecule has 0 aliphatic heterocycles. The van der Waals surface area contributed by atoms with E-state index in [-0.39, 0.29) is 5.91 Å². The molecule has 0 atom stereocenters. The predicted octanol–water partition coefficient (Wildman–Crippen LogP) is 4.77. The van der Waals surface area contributed by atoms with Crippen LogP contribution >= 0.6 is 15.9 Å². The number of nitrogens with one attached hydrogen (secondary N) is 1. The maximum absolute atomic E-state index is 13.0. The fourth-order valence-electron chi connectivity index (χ4n) is 3.35. The van der Waals surface area contributed by atoms with Gasteiger partial charge >= 0.3 is 0 Å². The number of para-hydroxylation sites is 1. The van der Waals surface area contributed by atoms with Crippen LogP contribution in [0.5, 0.6) is 0 Å². The molecule has 0 bridgehead atoms. The van der Waals surface area contributed by atoms with Crippen LogP contribution < -0.4 is 5.32 Å². The normalized spacial score (nSPS) is 13.6. The fraction of sp³-hybridized carbons (Fsp3) is 0.182. The molecule has 5 rings (SSSR count). The van der Waals surface area contributed by atoms with Crippen LogP contribution in [0, 0.1) is 0 Å². The zero-order chi connectivity index (χ0) is 19.8. The van der Waals surface area contributed by atoms with E-state index in [0.29, 0.717) is 24.0 Å². The van der Waals surface area contributed by atoms with Gasteiger partial charge in [-0.2, -0.15) is 0 Å². The highest BCUT2D eigenvalue weighted by molar-refractivity contribution is 9.10. The van der Waals surface area contributed by atoms with E-state index in [1.165, 1.54) is 0 Å². The van der Waals surface area contributed by atoms with E-state index in [1.807, 2.05) is 54.6 Å². The van der Waals surface area contributed by atoms with E-state index in [2.05, 4.69) is 31.3 Å². The van der Waals surface area contributed by atoms with Gasteiger partial charge in [0, 0.05) is 21.5 Å². The standard InChI is InChI=1S/C22H18BrN5O/c23-16-9-5-14(6-10-16)12-28-13-24-22(27-28)26-21(29)18-11-20(15-7-8-15)25-19-4-2-1-3-17(18)19/h1-6,9-11,13,15H,7-8,12H2,(H,26,27,29). The molecule has 2 aromatic heterocycles. The van der Waals surface area contributed by atoms with Crippen molar-refractivity contribution in [2.75, 3.05) is 5.32 Å². The minimum Gasteiger partial charge on any atom is -0.289 e. The van der Waals surface area contributed by atoms with Crippen molar-refractivity contribution in [3.8, 4) is 0 Å². The topological polar surface area (TPSA) is 72.7 Å². The molecule has 0 spiro atoms. The monoisotopic (exact) mass is 447 g/mol. The molecule has 1 fully saturated rings. The number of aromatic nitrogens is 4. The van der Waals surface area contributed by atoms with E-state index in [9.17, 15) is 4.79 Å². The summed E-state index contributed by atoms with van der Waals surface area (Å²) in [7, 11) is 0. The number of hydrogen-bond acceptors (Lipinski definition) is 4. The van der Waals surface area contributed by atoms with E-state index in [0.717, 1.165) is 39.5 Å². The van der Waals surface area contributed by atoms with Crippen LogP contribution in [0.2, 0.25) is 0 Å². The Kier molecular flexibility index (Phi) is 4.60. The molecule has 0 radical (unpaired) electrons. The molecule has 2 heterocycles. The summed E-state index contributed by atoms with van der Waals surface area (Å²) in [5, 5.41) is 8.06. The number of halogens is 1. The number of anilines is 1. The first-order valence-electron chi connectivity index (χ1n) is 9.50. The molecule has 29 heavy (non-hydrogen) atoms. The number of rotatable bonds is 5. The smallest absolute Gasteiger partial charge is 0.258 e. The van der Waals surface area contributed by atoms with Gasteiger partial charge in [-0.1, -0.05) is 46.3 Å². The van der Waals surface area contributed by atoms with Crippen molar-refractivity contribution in [2.45, 2.75) is 25.3 Å². The molecule has 1 saturated carbocycles. The van der Waals surface area contributed by atoms with Gasteiger partial charge in [0.05, 0.1) is 17.6 Å². The number of carbonyl (C=O) groups excluding carboxylic acids is 1. The first-order chi connectivity index (χ1) is 14.2. The number of benzene rings is 2. The van der Waals surface area contributed by atoms with Crippen molar-refractivity contribution in [1.29, 1.82) is 0 Å². The van der Waals surface area contributed by atoms with Gasteiger partial charge in [-0.25, -0.2) is 9.67 Å². The SMILES string of the molecule is O=C(Nc1ncn(Cc2ccc(Br)cc2)n1)c1cc(C2CC2)nc2ccccc12.